The van der Waals surface area contributed by atoms with Crippen molar-refractivity contribution in [3.8, 4) is 5.75 Å². The zero-order chi connectivity index (χ0) is 18.7. The molecule has 138 valence electrons. The first-order chi connectivity index (χ1) is 12.5. The van der Waals surface area contributed by atoms with Gasteiger partial charge in [0.25, 0.3) is 5.91 Å². The number of rotatable bonds is 5. The molecule has 1 amide bonds. The molecule has 0 radical (unpaired) electrons. The van der Waals surface area contributed by atoms with E-state index in [1.165, 1.54) is 11.3 Å². The minimum Gasteiger partial charge on any atom is -0.495 e. The number of thiophene rings is 1. The largest absolute Gasteiger partial charge is 0.495 e. The predicted octanol–water partition coefficient (Wildman–Crippen LogP) is 3.86. The molecule has 26 heavy (non-hydrogen) atoms. The summed E-state index contributed by atoms with van der Waals surface area (Å²) in [6, 6.07) is 9.08. The highest BCUT2D eigenvalue weighted by atomic mass is 32.1. The monoisotopic (exact) mass is 373 g/mol. The smallest absolute Gasteiger partial charge is 0.335 e. The van der Waals surface area contributed by atoms with E-state index in [4.69, 9.17) is 4.74 Å². The van der Waals surface area contributed by atoms with Crippen molar-refractivity contribution in [3.63, 3.8) is 0 Å². The van der Waals surface area contributed by atoms with Crippen LogP contribution in [0, 0.1) is 12.8 Å². The molecule has 2 heterocycles. The molecule has 0 saturated carbocycles. The Labute approximate surface area is 157 Å². The third kappa shape index (κ3) is 3.90. The first-order valence-electron chi connectivity index (χ1n) is 8.74. The SMILES string of the molecule is COc1cc(C)sc1C(=O)N1CCC(Cc2ccccc2C(=O)O)CC1. The van der Waals surface area contributed by atoms with Crippen molar-refractivity contribution in [2.24, 2.45) is 5.92 Å². The van der Waals surface area contributed by atoms with E-state index < -0.39 is 5.97 Å². The van der Waals surface area contributed by atoms with Crippen molar-refractivity contribution in [1.29, 1.82) is 0 Å². The summed E-state index contributed by atoms with van der Waals surface area (Å²) in [5.74, 6) is 0.194. The van der Waals surface area contributed by atoms with Crippen LogP contribution >= 0.6 is 11.3 Å². The number of amides is 1. The fourth-order valence-corrected chi connectivity index (χ4v) is 4.44. The first-order valence-corrected chi connectivity index (χ1v) is 9.56. The summed E-state index contributed by atoms with van der Waals surface area (Å²) in [7, 11) is 1.59. The van der Waals surface area contributed by atoms with Crippen molar-refractivity contribution < 1.29 is 19.4 Å². The maximum Gasteiger partial charge on any atom is 0.335 e. The van der Waals surface area contributed by atoms with Gasteiger partial charge in [-0.05, 0) is 49.8 Å². The molecule has 1 fully saturated rings. The molecule has 1 aliphatic heterocycles. The molecule has 0 atom stereocenters. The lowest BCUT2D eigenvalue weighted by Gasteiger charge is -2.32. The molecule has 0 unspecified atom stereocenters. The highest BCUT2D eigenvalue weighted by Gasteiger charge is 2.27. The van der Waals surface area contributed by atoms with Gasteiger partial charge in [-0.1, -0.05) is 18.2 Å². The number of aromatic carboxylic acids is 1. The summed E-state index contributed by atoms with van der Waals surface area (Å²) < 4.78 is 5.32. The molecule has 1 aliphatic rings. The van der Waals surface area contributed by atoms with E-state index >= 15 is 0 Å². The minimum absolute atomic E-state index is 0.0318. The van der Waals surface area contributed by atoms with Crippen LogP contribution in [0.3, 0.4) is 0 Å². The average molecular weight is 373 g/mol. The molecule has 6 heteroatoms. The highest BCUT2D eigenvalue weighted by molar-refractivity contribution is 7.14. The van der Waals surface area contributed by atoms with Crippen LogP contribution in [0.4, 0.5) is 0 Å². The number of carbonyl (C=O) groups excluding carboxylic acids is 1. The summed E-state index contributed by atoms with van der Waals surface area (Å²) in [6.45, 7) is 3.35. The van der Waals surface area contributed by atoms with Crippen LogP contribution in [0.5, 0.6) is 5.75 Å². The molecule has 2 aromatic rings. The fraction of sp³-hybridized carbons (Fsp3) is 0.400. The predicted molar refractivity (Wildman–Crippen MR) is 101 cm³/mol. The van der Waals surface area contributed by atoms with Gasteiger partial charge in [-0.2, -0.15) is 0 Å². The van der Waals surface area contributed by atoms with Gasteiger partial charge in [-0.25, -0.2) is 4.79 Å². The molecule has 0 bridgehead atoms. The first kappa shape index (κ1) is 18.5. The fourth-order valence-electron chi connectivity index (χ4n) is 3.49. The van der Waals surface area contributed by atoms with Crippen LogP contribution in [0.2, 0.25) is 0 Å². The van der Waals surface area contributed by atoms with Gasteiger partial charge < -0.3 is 14.7 Å². The Morgan fingerprint density at radius 3 is 2.62 bits per heavy atom. The van der Waals surface area contributed by atoms with E-state index in [2.05, 4.69) is 0 Å². The summed E-state index contributed by atoms with van der Waals surface area (Å²) in [5.41, 5.74) is 1.25. The molecule has 1 aromatic carbocycles. The lowest BCUT2D eigenvalue weighted by atomic mass is 9.88. The second kappa shape index (κ2) is 7.91. The zero-order valence-electron chi connectivity index (χ0n) is 15.0. The lowest BCUT2D eigenvalue weighted by molar-refractivity contribution is 0.0692. The van der Waals surface area contributed by atoms with E-state index in [0.29, 0.717) is 35.2 Å². The number of likely N-dealkylation sites (tertiary alicyclic amines) is 1. The number of carboxylic acids is 1. The minimum atomic E-state index is -0.881. The van der Waals surface area contributed by atoms with Crippen LogP contribution in [-0.4, -0.2) is 42.1 Å². The summed E-state index contributed by atoms with van der Waals surface area (Å²) in [4.78, 5) is 27.7. The third-order valence-electron chi connectivity index (χ3n) is 4.89. The molecule has 1 saturated heterocycles. The second-order valence-corrected chi connectivity index (χ2v) is 7.91. The Morgan fingerprint density at radius 1 is 1.27 bits per heavy atom. The molecule has 0 aliphatic carbocycles. The summed E-state index contributed by atoms with van der Waals surface area (Å²) in [5, 5.41) is 9.32. The van der Waals surface area contributed by atoms with Crippen LogP contribution in [-0.2, 0) is 6.42 Å². The average Bonchev–Trinajstić information content (AvgIpc) is 3.03. The van der Waals surface area contributed by atoms with Crippen molar-refractivity contribution in [3.05, 3.63) is 51.2 Å². The Kier molecular flexibility index (Phi) is 5.61. The van der Waals surface area contributed by atoms with Crippen molar-refractivity contribution in [2.75, 3.05) is 20.2 Å². The van der Waals surface area contributed by atoms with Crippen molar-refractivity contribution in [2.45, 2.75) is 26.2 Å². The van der Waals surface area contributed by atoms with Gasteiger partial charge in [0.15, 0.2) is 0 Å². The number of nitrogens with zero attached hydrogens (tertiary/aromatic N) is 1. The quantitative estimate of drug-likeness (QED) is 0.864. The van der Waals surface area contributed by atoms with Gasteiger partial charge in [-0.15, -0.1) is 11.3 Å². The Morgan fingerprint density at radius 2 is 1.96 bits per heavy atom. The maximum absolute atomic E-state index is 12.8. The van der Waals surface area contributed by atoms with Crippen LogP contribution < -0.4 is 4.74 Å². The number of hydrogen-bond acceptors (Lipinski definition) is 4. The molecular formula is C20H23NO4S. The van der Waals surface area contributed by atoms with E-state index in [-0.39, 0.29) is 5.91 Å². The molecular weight excluding hydrogens is 350 g/mol. The number of ether oxygens (including phenoxy) is 1. The van der Waals surface area contributed by atoms with E-state index in [9.17, 15) is 14.7 Å². The van der Waals surface area contributed by atoms with Crippen LogP contribution in [0.15, 0.2) is 30.3 Å². The van der Waals surface area contributed by atoms with Gasteiger partial charge in [0, 0.05) is 18.0 Å². The van der Waals surface area contributed by atoms with Gasteiger partial charge in [0.05, 0.1) is 12.7 Å². The normalized spacial score (nSPS) is 15.1. The van der Waals surface area contributed by atoms with E-state index in [0.717, 1.165) is 29.7 Å². The molecule has 3 rings (SSSR count). The van der Waals surface area contributed by atoms with Crippen LogP contribution in [0.1, 0.15) is 43.3 Å². The number of carbonyl (C=O) groups is 2. The Hall–Kier alpha value is -2.34. The van der Waals surface area contributed by atoms with Gasteiger partial charge in [0.2, 0.25) is 0 Å². The number of carboxylic acid groups (broad SMARTS) is 1. The maximum atomic E-state index is 12.8. The topological polar surface area (TPSA) is 66.8 Å². The number of benzene rings is 1. The lowest BCUT2D eigenvalue weighted by Crippen LogP contribution is -2.38. The highest BCUT2D eigenvalue weighted by Crippen LogP contribution is 2.31. The summed E-state index contributed by atoms with van der Waals surface area (Å²) in [6.07, 6.45) is 2.50. The zero-order valence-corrected chi connectivity index (χ0v) is 15.8. The molecule has 5 nitrogen and oxygen atoms in total. The molecule has 1 aromatic heterocycles. The van der Waals surface area contributed by atoms with Gasteiger partial charge in [-0.3, -0.25) is 4.79 Å². The third-order valence-corrected chi connectivity index (χ3v) is 5.91. The van der Waals surface area contributed by atoms with Crippen molar-refractivity contribution in [1.82, 2.24) is 4.90 Å². The standard InChI is InChI=1S/C20H23NO4S/c1-13-11-17(25-2)18(26-13)19(22)21-9-7-14(8-10-21)12-15-5-3-4-6-16(15)20(23)24/h3-6,11,14H,7-10,12H2,1-2H3,(H,23,24). The Balaban J connectivity index is 1.63. The number of piperidine rings is 1. The van der Waals surface area contributed by atoms with E-state index in [1.807, 2.05) is 30.0 Å². The van der Waals surface area contributed by atoms with E-state index in [1.54, 1.807) is 19.2 Å². The van der Waals surface area contributed by atoms with Crippen molar-refractivity contribution >= 4 is 23.2 Å². The molecule has 0 spiro atoms. The summed E-state index contributed by atoms with van der Waals surface area (Å²) >= 11 is 1.47. The van der Waals surface area contributed by atoms with Gasteiger partial charge in [0.1, 0.15) is 10.6 Å². The van der Waals surface area contributed by atoms with Crippen LogP contribution in [0.25, 0.3) is 0 Å². The second-order valence-electron chi connectivity index (χ2n) is 6.66. The number of hydrogen-bond donors (Lipinski definition) is 1. The van der Waals surface area contributed by atoms with Gasteiger partial charge >= 0.3 is 5.97 Å². The Bertz CT molecular complexity index is 806. The number of methoxy groups -OCH3 is 1. The molecule has 1 N–H and O–H groups in total. The number of aryl methyl sites for hydroxylation is 1.